The number of hydrogen-bond donors (Lipinski definition) is 3. The lowest BCUT2D eigenvalue weighted by molar-refractivity contribution is -0.142. The van der Waals surface area contributed by atoms with Gasteiger partial charge in [-0.1, -0.05) is 0 Å². The van der Waals surface area contributed by atoms with Crippen molar-refractivity contribution in [2.45, 2.75) is 25.4 Å². The first kappa shape index (κ1) is 14.4. The summed E-state index contributed by atoms with van der Waals surface area (Å²) in [5.74, 6) is -1.99. The predicted octanol–water partition coefficient (Wildman–Crippen LogP) is -1.19. The molecule has 0 bridgehead atoms. The zero-order valence-electron chi connectivity index (χ0n) is 10.5. The Kier molecular flexibility index (Phi) is 4.28. The van der Waals surface area contributed by atoms with Gasteiger partial charge in [0.1, 0.15) is 0 Å². The molecule has 3 N–H and O–H groups in total. The molecule has 2 atom stereocenters. The van der Waals surface area contributed by atoms with E-state index in [2.05, 4.69) is 5.32 Å². The number of aliphatic hydroxyl groups is 1. The molecule has 0 aromatic carbocycles. The number of rotatable bonds is 5. The van der Waals surface area contributed by atoms with Crippen LogP contribution in [0.3, 0.4) is 0 Å². The minimum absolute atomic E-state index is 0.0903. The second-order valence-electron chi connectivity index (χ2n) is 4.96. The molecule has 7 heteroatoms. The number of carboxylic acid groups (broad SMARTS) is 1. The standard InChI is InChI=1S/C11H18N2O5/c1-11(18,4-9(15)16)6-12-10(17)7-3-8(14)13(2)5-7/h7,18H,3-6H2,1-2H3,(H,12,17)(H,15,16). The highest BCUT2D eigenvalue weighted by molar-refractivity contribution is 5.89. The van der Waals surface area contributed by atoms with Gasteiger partial charge in [-0.15, -0.1) is 0 Å². The Labute approximate surface area is 105 Å². The van der Waals surface area contributed by atoms with E-state index in [1.807, 2.05) is 0 Å². The fourth-order valence-electron chi connectivity index (χ4n) is 1.85. The van der Waals surface area contributed by atoms with Gasteiger partial charge in [0.25, 0.3) is 0 Å². The Morgan fingerprint density at radius 2 is 2.17 bits per heavy atom. The second-order valence-corrected chi connectivity index (χ2v) is 4.96. The molecule has 0 aromatic heterocycles. The van der Waals surface area contributed by atoms with E-state index in [9.17, 15) is 19.5 Å². The van der Waals surface area contributed by atoms with Crippen molar-refractivity contribution in [1.29, 1.82) is 0 Å². The van der Waals surface area contributed by atoms with Gasteiger partial charge in [-0.05, 0) is 6.92 Å². The maximum atomic E-state index is 11.7. The van der Waals surface area contributed by atoms with Gasteiger partial charge in [-0.3, -0.25) is 14.4 Å². The quantitative estimate of drug-likeness (QED) is 0.574. The van der Waals surface area contributed by atoms with Gasteiger partial charge >= 0.3 is 5.97 Å². The zero-order valence-corrected chi connectivity index (χ0v) is 10.5. The van der Waals surface area contributed by atoms with E-state index in [1.54, 1.807) is 7.05 Å². The summed E-state index contributed by atoms with van der Waals surface area (Å²) >= 11 is 0. The Balaban J connectivity index is 2.42. The van der Waals surface area contributed by atoms with Crippen LogP contribution in [0, 0.1) is 5.92 Å². The van der Waals surface area contributed by atoms with E-state index in [-0.39, 0.29) is 24.8 Å². The van der Waals surface area contributed by atoms with Gasteiger partial charge < -0.3 is 20.4 Å². The molecule has 1 aliphatic rings. The monoisotopic (exact) mass is 258 g/mol. The number of nitrogens with zero attached hydrogens (tertiary/aromatic N) is 1. The van der Waals surface area contributed by atoms with Gasteiger partial charge in [0.2, 0.25) is 11.8 Å². The molecule has 102 valence electrons. The van der Waals surface area contributed by atoms with Gasteiger partial charge in [-0.2, -0.15) is 0 Å². The molecular weight excluding hydrogens is 240 g/mol. The van der Waals surface area contributed by atoms with Crippen LogP contribution in [0.5, 0.6) is 0 Å². The number of hydrogen-bond acceptors (Lipinski definition) is 4. The van der Waals surface area contributed by atoms with Crippen molar-refractivity contribution in [2.24, 2.45) is 5.92 Å². The molecule has 1 rings (SSSR count). The number of carbonyl (C=O) groups excluding carboxylic acids is 2. The summed E-state index contributed by atoms with van der Waals surface area (Å²) in [6.45, 7) is 1.55. The van der Waals surface area contributed by atoms with Gasteiger partial charge in [-0.25, -0.2) is 0 Å². The normalized spacial score (nSPS) is 22.7. The lowest BCUT2D eigenvalue weighted by Crippen LogP contribution is -2.44. The zero-order chi connectivity index (χ0) is 13.9. The molecule has 1 fully saturated rings. The fourth-order valence-corrected chi connectivity index (χ4v) is 1.85. The van der Waals surface area contributed by atoms with Crippen LogP contribution in [0.25, 0.3) is 0 Å². The van der Waals surface area contributed by atoms with Crippen LogP contribution in [-0.4, -0.2) is 58.6 Å². The second kappa shape index (κ2) is 5.34. The molecule has 0 radical (unpaired) electrons. The molecule has 1 saturated heterocycles. The Hall–Kier alpha value is -1.63. The van der Waals surface area contributed by atoms with E-state index in [1.165, 1.54) is 11.8 Å². The van der Waals surface area contributed by atoms with Crippen molar-refractivity contribution in [3.8, 4) is 0 Å². The third-order valence-corrected chi connectivity index (χ3v) is 2.89. The van der Waals surface area contributed by atoms with Crippen molar-refractivity contribution in [2.75, 3.05) is 20.1 Å². The van der Waals surface area contributed by atoms with Crippen LogP contribution in [0.1, 0.15) is 19.8 Å². The van der Waals surface area contributed by atoms with Crippen LogP contribution in [0.4, 0.5) is 0 Å². The average Bonchev–Trinajstić information content (AvgIpc) is 2.54. The maximum absolute atomic E-state index is 11.7. The Morgan fingerprint density at radius 1 is 1.56 bits per heavy atom. The molecule has 0 saturated carbocycles. The van der Waals surface area contributed by atoms with Crippen LogP contribution in [-0.2, 0) is 14.4 Å². The van der Waals surface area contributed by atoms with E-state index >= 15 is 0 Å². The molecule has 18 heavy (non-hydrogen) atoms. The van der Waals surface area contributed by atoms with E-state index in [0.717, 1.165) is 0 Å². The SMILES string of the molecule is CN1CC(C(=O)NCC(C)(O)CC(=O)O)CC1=O. The van der Waals surface area contributed by atoms with E-state index < -0.39 is 23.9 Å². The summed E-state index contributed by atoms with van der Waals surface area (Å²) in [4.78, 5) is 34.9. The molecule has 1 heterocycles. The minimum atomic E-state index is -1.49. The van der Waals surface area contributed by atoms with Crippen LogP contribution >= 0.6 is 0 Å². The number of aliphatic carboxylic acids is 1. The fraction of sp³-hybridized carbons (Fsp3) is 0.727. The topological polar surface area (TPSA) is 107 Å². The molecular formula is C11H18N2O5. The van der Waals surface area contributed by atoms with Crippen LogP contribution < -0.4 is 5.32 Å². The van der Waals surface area contributed by atoms with E-state index in [4.69, 9.17) is 5.11 Å². The van der Waals surface area contributed by atoms with Crippen molar-refractivity contribution in [1.82, 2.24) is 10.2 Å². The van der Waals surface area contributed by atoms with Crippen molar-refractivity contribution in [3.05, 3.63) is 0 Å². The summed E-state index contributed by atoms with van der Waals surface area (Å²) in [5, 5.41) is 20.8. The summed E-state index contributed by atoms with van der Waals surface area (Å²) in [7, 11) is 1.62. The molecule has 2 amide bonds. The number of likely N-dealkylation sites (tertiary alicyclic amines) is 1. The third-order valence-electron chi connectivity index (χ3n) is 2.89. The van der Waals surface area contributed by atoms with Gasteiger partial charge in [0.05, 0.1) is 17.9 Å². The number of carbonyl (C=O) groups is 3. The summed E-state index contributed by atoms with van der Waals surface area (Å²) in [6.07, 6.45) is -0.291. The van der Waals surface area contributed by atoms with E-state index in [0.29, 0.717) is 6.54 Å². The largest absolute Gasteiger partial charge is 0.481 e. The van der Waals surface area contributed by atoms with Crippen LogP contribution in [0.2, 0.25) is 0 Å². The Bertz CT molecular complexity index is 366. The molecule has 1 aliphatic heterocycles. The average molecular weight is 258 g/mol. The highest BCUT2D eigenvalue weighted by Crippen LogP contribution is 2.16. The predicted molar refractivity (Wildman–Crippen MR) is 61.6 cm³/mol. The minimum Gasteiger partial charge on any atom is -0.481 e. The summed E-state index contributed by atoms with van der Waals surface area (Å²) < 4.78 is 0. The summed E-state index contributed by atoms with van der Waals surface area (Å²) in [5.41, 5.74) is -1.49. The highest BCUT2D eigenvalue weighted by atomic mass is 16.4. The van der Waals surface area contributed by atoms with Crippen LogP contribution in [0.15, 0.2) is 0 Å². The smallest absolute Gasteiger partial charge is 0.306 e. The van der Waals surface area contributed by atoms with Gasteiger partial charge in [0.15, 0.2) is 0 Å². The molecule has 0 spiro atoms. The first-order valence-corrected chi connectivity index (χ1v) is 5.67. The van der Waals surface area contributed by atoms with Crippen molar-refractivity contribution in [3.63, 3.8) is 0 Å². The number of nitrogens with one attached hydrogen (secondary N) is 1. The maximum Gasteiger partial charge on any atom is 0.306 e. The molecule has 0 aliphatic carbocycles. The van der Waals surface area contributed by atoms with Gasteiger partial charge in [0, 0.05) is 26.6 Å². The first-order chi connectivity index (χ1) is 8.21. The third kappa shape index (κ3) is 3.99. The van der Waals surface area contributed by atoms with Crippen molar-refractivity contribution < 1.29 is 24.6 Å². The molecule has 7 nitrogen and oxygen atoms in total. The summed E-state index contributed by atoms with van der Waals surface area (Å²) in [6, 6.07) is 0. The number of amides is 2. The molecule has 2 unspecified atom stereocenters. The number of carboxylic acids is 1. The van der Waals surface area contributed by atoms with Crippen molar-refractivity contribution >= 4 is 17.8 Å². The lowest BCUT2D eigenvalue weighted by Gasteiger charge is -2.22. The molecule has 0 aromatic rings. The lowest BCUT2D eigenvalue weighted by atomic mass is 10.0. The Morgan fingerprint density at radius 3 is 2.61 bits per heavy atom. The first-order valence-electron chi connectivity index (χ1n) is 5.67. The highest BCUT2D eigenvalue weighted by Gasteiger charge is 2.33.